The van der Waals surface area contributed by atoms with Crippen LogP contribution in [0.4, 0.5) is 4.79 Å². The lowest BCUT2D eigenvalue weighted by molar-refractivity contribution is 0.0922. The minimum atomic E-state index is -0.797. The lowest BCUT2D eigenvalue weighted by Crippen LogP contribution is -2.44. The molecular formula is C25H37N5O3. The van der Waals surface area contributed by atoms with Crippen molar-refractivity contribution >= 4 is 23.0 Å². The van der Waals surface area contributed by atoms with E-state index >= 15 is 0 Å². The second-order valence-corrected chi connectivity index (χ2v) is 10.7. The number of nitrogens with zero attached hydrogens (tertiary/aromatic N) is 3. The van der Waals surface area contributed by atoms with E-state index < -0.39 is 6.09 Å². The fraction of sp³-hybridized carbons (Fsp3) is 0.640. The van der Waals surface area contributed by atoms with Crippen molar-refractivity contribution in [2.45, 2.75) is 51.9 Å². The van der Waals surface area contributed by atoms with Gasteiger partial charge in [-0.3, -0.25) is 4.79 Å². The van der Waals surface area contributed by atoms with Crippen molar-refractivity contribution in [1.29, 1.82) is 0 Å². The molecule has 3 heterocycles. The minimum absolute atomic E-state index is 0.0554. The van der Waals surface area contributed by atoms with E-state index in [1.54, 1.807) is 0 Å². The van der Waals surface area contributed by atoms with E-state index in [1.165, 1.54) is 4.90 Å². The number of rotatable bonds is 5. The molecule has 8 heteroatoms. The van der Waals surface area contributed by atoms with E-state index in [9.17, 15) is 9.59 Å². The molecule has 0 saturated carbocycles. The Kier molecular flexibility index (Phi) is 6.93. The summed E-state index contributed by atoms with van der Waals surface area (Å²) in [6.45, 7) is 11.5. The monoisotopic (exact) mass is 455 g/mol. The second kappa shape index (κ2) is 9.71. The first-order valence-electron chi connectivity index (χ1n) is 12.2. The lowest BCUT2D eigenvalue weighted by atomic mass is 9.93. The van der Waals surface area contributed by atoms with Crippen LogP contribution >= 0.6 is 0 Å². The average molecular weight is 456 g/mol. The molecule has 2 aliphatic heterocycles. The Balaban J connectivity index is 1.24. The van der Waals surface area contributed by atoms with E-state index in [0.29, 0.717) is 37.0 Å². The van der Waals surface area contributed by atoms with Crippen molar-refractivity contribution in [2.24, 2.45) is 11.8 Å². The van der Waals surface area contributed by atoms with Gasteiger partial charge in [-0.15, -0.1) is 0 Å². The van der Waals surface area contributed by atoms with Crippen molar-refractivity contribution in [3.8, 4) is 0 Å². The zero-order chi connectivity index (χ0) is 23.6. The number of carbonyl (C=O) groups excluding carboxylic acids is 1. The molecule has 0 aliphatic carbocycles. The first-order chi connectivity index (χ1) is 15.7. The van der Waals surface area contributed by atoms with Gasteiger partial charge in [-0.1, -0.05) is 26.8 Å². The Labute approximate surface area is 195 Å². The van der Waals surface area contributed by atoms with Gasteiger partial charge in [-0.2, -0.15) is 0 Å². The van der Waals surface area contributed by atoms with Gasteiger partial charge >= 0.3 is 6.09 Å². The van der Waals surface area contributed by atoms with E-state index in [1.807, 2.05) is 18.2 Å². The third kappa shape index (κ3) is 5.66. The van der Waals surface area contributed by atoms with E-state index in [4.69, 9.17) is 10.1 Å². The summed E-state index contributed by atoms with van der Waals surface area (Å²) in [5, 5.41) is 12.3. The number of hydrogen-bond donors (Lipinski definition) is 3. The highest BCUT2D eigenvalue weighted by molar-refractivity contribution is 6.04. The molecule has 2 amide bonds. The van der Waals surface area contributed by atoms with Crippen LogP contribution < -0.4 is 5.32 Å². The average Bonchev–Trinajstić information content (AvgIpc) is 3.24. The molecule has 1 aromatic heterocycles. The van der Waals surface area contributed by atoms with E-state index in [0.717, 1.165) is 62.2 Å². The molecule has 0 spiro atoms. The predicted molar refractivity (Wildman–Crippen MR) is 129 cm³/mol. The van der Waals surface area contributed by atoms with E-state index in [2.05, 4.69) is 36.0 Å². The first kappa shape index (κ1) is 23.5. The number of hydrogen-bond acceptors (Lipinski definition) is 4. The van der Waals surface area contributed by atoms with Gasteiger partial charge in [0, 0.05) is 31.6 Å². The summed E-state index contributed by atoms with van der Waals surface area (Å²) in [5.74, 6) is 1.91. The third-order valence-electron chi connectivity index (χ3n) is 7.13. The molecule has 2 aromatic rings. The van der Waals surface area contributed by atoms with Gasteiger partial charge in [0.15, 0.2) is 0 Å². The van der Waals surface area contributed by atoms with Crippen molar-refractivity contribution in [3.05, 3.63) is 29.6 Å². The quantitative estimate of drug-likeness (QED) is 0.638. The number of piperidine rings is 2. The number of fused-ring (bicyclic) bond motifs is 1. The normalized spacial score (nSPS) is 19.2. The van der Waals surface area contributed by atoms with E-state index in [-0.39, 0.29) is 11.3 Å². The second-order valence-electron chi connectivity index (χ2n) is 10.7. The summed E-state index contributed by atoms with van der Waals surface area (Å²) in [4.78, 5) is 36.1. The standard InChI is InChI=1S/C25H37N5O3/c1-25(2,3)23-27-20-6-4-5-19(21(20)28-23)22(31)26-15-17-7-11-29(12-8-17)16-18-9-13-30(14-10-18)24(32)33/h4-6,17-18H,7-16H2,1-3H3,(H,26,31)(H,27,28)(H,32,33). The molecule has 33 heavy (non-hydrogen) atoms. The Morgan fingerprint density at radius 1 is 1.09 bits per heavy atom. The van der Waals surface area contributed by atoms with Crippen LogP contribution in [0.3, 0.4) is 0 Å². The number of amides is 2. The van der Waals surface area contributed by atoms with Crippen molar-refractivity contribution < 1.29 is 14.7 Å². The number of nitrogens with one attached hydrogen (secondary N) is 2. The molecule has 0 radical (unpaired) electrons. The molecule has 8 nitrogen and oxygen atoms in total. The van der Waals surface area contributed by atoms with Crippen LogP contribution in [0.2, 0.25) is 0 Å². The zero-order valence-corrected chi connectivity index (χ0v) is 20.1. The maximum absolute atomic E-state index is 12.9. The van der Waals surface area contributed by atoms with Crippen LogP contribution in [0.25, 0.3) is 11.0 Å². The van der Waals surface area contributed by atoms with Gasteiger partial charge in [-0.25, -0.2) is 9.78 Å². The highest BCUT2D eigenvalue weighted by atomic mass is 16.4. The molecule has 3 N–H and O–H groups in total. The predicted octanol–water partition coefficient (Wildman–Crippen LogP) is 3.69. The number of likely N-dealkylation sites (tertiary alicyclic amines) is 2. The number of carboxylic acid groups (broad SMARTS) is 1. The fourth-order valence-corrected chi connectivity index (χ4v) is 4.95. The molecule has 2 fully saturated rings. The van der Waals surface area contributed by atoms with Crippen LogP contribution in [0.1, 0.15) is 62.6 Å². The van der Waals surface area contributed by atoms with Crippen molar-refractivity contribution in [1.82, 2.24) is 25.1 Å². The number of H-pyrrole nitrogens is 1. The summed E-state index contributed by atoms with van der Waals surface area (Å²) in [5.41, 5.74) is 2.16. The van der Waals surface area contributed by atoms with Gasteiger partial charge in [-0.05, 0) is 62.7 Å². The zero-order valence-electron chi connectivity index (χ0n) is 20.1. The number of imidazole rings is 1. The molecule has 180 valence electrons. The van der Waals surface area contributed by atoms with Crippen LogP contribution in [-0.4, -0.2) is 76.1 Å². The minimum Gasteiger partial charge on any atom is -0.465 e. The van der Waals surface area contributed by atoms with Gasteiger partial charge in [0.2, 0.25) is 0 Å². The Hall–Kier alpha value is -2.61. The molecule has 1 aromatic carbocycles. The smallest absolute Gasteiger partial charge is 0.407 e. The van der Waals surface area contributed by atoms with Crippen LogP contribution in [-0.2, 0) is 5.41 Å². The summed E-state index contributed by atoms with van der Waals surface area (Å²) < 4.78 is 0. The molecule has 2 aliphatic rings. The highest BCUT2D eigenvalue weighted by Gasteiger charge is 2.27. The van der Waals surface area contributed by atoms with Crippen LogP contribution in [0, 0.1) is 11.8 Å². The Morgan fingerprint density at radius 3 is 2.39 bits per heavy atom. The highest BCUT2D eigenvalue weighted by Crippen LogP contribution is 2.25. The molecular weight excluding hydrogens is 418 g/mol. The Bertz CT molecular complexity index is 980. The number of benzene rings is 1. The number of carbonyl (C=O) groups is 2. The SMILES string of the molecule is CC(C)(C)c1nc2c(C(=O)NCC3CCN(CC4CCN(C(=O)O)CC4)CC3)cccc2[nH]1. The summed E-state index contributed by atoms with van der Waals surface area (Å²) >= 11 is 0. The number of aromatic nitrogens is 2. The number of aromatic amines is 1. The van der Waals surface area contributed by atoms with Gasteiger partial charge in [0.25, 0.3) is 5.91 Å². The van der Waals surface area contributed by atoms with Gasteiger partial charge < -0.3 is 25.2 Å². The van der Waals surface area contributed by atoms with Crippen molar-refractivity contribution in [2.75, 3.05) is 39.3 Å². The third-order valence-corrected chi connectivity index (χ3v) is 7.13. The largest absolute Gasteiger partial charge is 0.465 e. The first-order valence-corrected chi connectivity index (χ1v) is 12.2. The Morgan fingerprint density at radius 2 is 1.76 bits per heavy atom. The molecule has 0 unspecified atom stereocenters. The van der Waals surface area contributed by atoms with Gasteiger partial charge in [0.1, 0.15) is 11.3 Å². The maximum atomic E-state index is 12.9. The topological polar surface area (TPSA) is 102 Å². The van der Waals surface area contributed by atoms with Gasteiger partial charge in [0.05, 0.1) is 11.1 Å². The van der Waals surface area contributed by atoms with Crippen molar-refractivity contribution in [3.63, 3.8) is 0 Å². The van der Waals surface area contributed by atoms with Crippen LogP contribution in [0.5, 0.6) is 0 Å². The molecule has 2 saturated heterocycles. The fourth-order valence-electron chi connectivity index (χ4n) is 4.95. The maximum Gasteiger partial charge on any atom is 0.407 e. The summed E-state index contributed by atoms with van der Waals surface area (Å²) in [6, 6.07) is 5.72. The molecule has 0 bridgehead atoms. The summed E-state index contributed by atoms with van der Waals surface area (Å²) in [6.07, 6.45) is 3.27. The summed E-state index contributed by atoms with van der Waals surface area (Å²) in [7, 11) is 0. The van der Waals surface area contributed by atoms with Crippen LogP contribution in [0.15, 0.2) is 18.2 Å². The molecule has 0 atom stereocenters. The lowest BCUT2D eigenvalue weighted by Gasteiger charge is -2.37. The number of para-hydroxylation sites is 1. The molecule has 4 rings (SSSR count).